The molecule has 1 aromatic rings. The van der Waals surface area contributed by atoms with E-state index in [0.29, 0.717) is 5.56 Å². The van der Waals surface area contributed by atoms with Gasteiger partial charge in [-0.25, -0.2) is 9.18 Å². The molecule has 20 heavy (non-hydrogen) atoms. The number of phenolic OH excluding ortho intramolecular Hbond substituents is 1. The van der Waals surface area contributed by atoms with E-state index in [0.717, 1.165) is 0 Å². The van der Waals surface area contributed by atoms with E-state index < -0.39 is 23.9 Å². The zero-order valence-corrected chi connectivity index (χ0v) is 12.0. The van der Waals surface area contributed by atoms with E-state index in [1.54, 1.807) is 39.0 Å². The number of carbonyl (C=O) groups is 1. The summed E-state index contributed by atoms with van der Waals surface area (Å²) in [5.74, 6) is 0.0696. The lowest BCUT2D eigenvalue weighted by atomic mass is 10.0. The molecule has 0 spiro atoms. The number of hydrogen-bond acceptors (Lipinski definition) is 3. The van der Waals surface area contributed by atoms with Crippen LogP contribution in [0.25, 0.3) is 0 Å². The number of hydrogen-bond donors (Lipinski definition) is 1. The van der Waals surface area contributed by atoms with Crippen molar-refractivity contribution in [2.75, 3.05) is 6.54 Å². The SMILES string of the molecule is CC(C)(C)OC(=O)N1CC(F)CC1c1ccccc1O. The van der Waals surface area contributed by atoms with Gasteiger partial charge in [-0.2, -0.15) is 0 Å². The Labute approximate surface area is 118 Å². The molecule has 5 heteroatoms. The highest BCUT2D eigenvalue weighted by Gasteiger charge is 2.39. The van der Waals surface area contributed by atoms with Crippen molar-refractivity contribution >= 4 is 6.09 Å². The van der Waals surface area contributed by atoms with Gasteiger partial charge in [0.05, 0.1) is 12.6 Å². The number of phenols is 1. The Bertz CT molecular complexity index is 498. The molecule has 4 nitrogen and oxygen atoms in total. The van der Waals surface area contributed by atoms with Gasteiger partial charge < -0.3 is 9.84 Å². The summed E-state index contributed by atoms with van der Waals surface area (Å²) in [4.78, 5) is 13.5. The minimum Gasteiger partial charge on any atom is -0.508 e. The fourth-order valence-electron chi connectivity index (χ4n) is 2.37. The molecule has 1 N–H and O–H groups in total. The van der Waals surface area contributed by atoms with Crippen molar-refractivity contribution in [1.29, 1.82) is 0 Å². The van der Waals surface area contributed by atoms with E-state index in [2.05, 4.69) is 0 Å². The van der Waals surface area contributed by atoms with Gasteiger partial charge in [-0.15, -0.1) is 0 Å². The summed E-state index contributed by atoms with van der Waals surface area (Å²) in [7, 11) is 0. The van der Waals surface area contributed by atoms with Gasteiger partial charge in [0, 0.05) is 12.0 Å². The summed E-state index contributed by atoms with van der Waals surface area (Å²) in [6, 6.07) is 6.21. The van der Waals surface area contributed by atoms with Crippen LogP contribution in [0.2, 0.25) is 0 Å². The van der Waals surface area contributed by atoms with Crippen LogP contribution in [0.1, 0.15) is 38.8 Å². The highest BCUT2D eigenvalue weighted by molar-refractivity contribution is 5.69. The molecule has 1 fully saturated rings. The number of amides is 1. The molecule has 1 amide bonds. The molecular formula is C15H20FNO3. The van der Waals surface area contributed by atoms with Crippen molar-refractivity contribution < 1.29 is 19.0 Å². The molecule has 2 unspecified atom stereocenters. The number of ether oxygens (including phenoxy) is 1. The van der Waals surface area contributed by atoms with Gasteiger partial charge in [0.15, 0.2) is 0 Å². The molecule has 110 valence electrons. The van der Waals surface area contributed by atoms with Crippen molar-refractivity contribution in [1.82, 2.24) is 4.90 Å². The van der Waals surface area contributed by atoms with Crippen LogP contribution in [-0.2, 0) is 4.74 Å². The normalized spacial score (nSPS) is 22.9. The molecule has 1 aromatic carbocycles. The van der Waals surface area contributed by atoms with Gasteiger partial charge in [-0.1, -0.05) is 18.2 Å². The standard InChI is InChI=1S/C15H20FNO3/c1-15(2,3)20-14(19)17-9-10(16)8-12(17)11-6-4-5-7-13(11)18/h4-7,10,12,18H,8-9H2,1-3H3. The number of para-hydroxylation sites is 1. The summed E-state index contributed by atoms with van der Waals surface area (Å²) in [6.45, 7) is 5.29. The molecule has 1 heterocycles. The van der Waals surface area contributed by atoms with Gasteiger partial charge in [0.1, 0.15) is 17.5 Å². The summed E-state index contributed by atoms with van der Waals surface area (Å²) in [5, 5.41) is 9.89. The lowest BCUT2D eigenvalue weighted by Gasteiger charge is -2.28. The van der Waals surface area contributed by atoms with Crippen LogP contribution in [0.15, 0.2) is 24.3 Å². The molecular weight excluding hydrogens is 261 g/mol. The van der Waals surface area contributed by atoms with Crippen LogP contribution >= 0.6 is 0 Å². The molecule has 0 saturated carbocycles. The van der Waals surface area contributed by atoms with Crippen LogP contribution < -0.4 is 0 Å². The third-order valence-corrected chi connectivity index (χ3v) is 3.17. The van der Waals surface area contributed by atoms with Gasteiger partial charge >= 0.3 is 6.09 Å². The maximum Gasteiger partial charge on any atom is 0.410 e. The zero-order chi connectivity index (χ0) is 14.9. The van der Waals surface area contributed by atoms with Crippen molar-refractivity contribution in [3.63, 3.8) is 0 Å². The fraction of sp³-hybridized carbons (Fsp3) is 0.533. The largest absolute Gasteiger partial charge is 0.508 e. The topological polar surface area (TPSA) is 49.8 Å². The summed E-state index contributed by atoms with van der Waals surface area (Å²) in [6.07, 6.45) is -1.48. The smallest absolute Gasteiger partial charge is 0.410 e. The molecule has 1 saturated heterocycles. The number of carbonyl (C=O) groups excluding carboxylic acids is 1. The minimum atomic E-state index is -1.10. The van der Waals surface area contributed by atoms with Crippen LogP contribution in [-0.4, -0.2) is 34.4 Å². The Balaban J connectivity index is 2.23. The van der Waals surface area contributed by atoms with E-state index in [-0.39, 0.29) is 18.7 Å². The predicted octanol–water partition coefficient (Wildman–Crippen LogP) is 3.41. The molecule has 1 aliphatic heterocycles. The maximum absolute atomic E-state index is 13.7. The zero-order valence-electron chi connectivity index (χ0n) is 12.0. The molecule has 2 atom stereocenters. The molecule has 2 rings (SSSR count). The first-order valence-corrected chi connectivity index (χ1v) is 6.69. The molecule has 1 aliphatic rings. The van der Waals surface area contributed by atoms with E-state index in [9.17, 15) is 14.3 Å². The van der Waals surface area contributed by atoms with E-state index >= 15 is 0 Å². The van der Waals surface area contributed by atoms with Crippen LogP contribution in [0.5, 0.6) is 5.75 Å². The van der Waals surface area contributed by atoms with Crippen LogP contribution in [0.3, 0.4) is 0 Å². The highest BCUT2D eigenvalue weighted by Crippen LogP contribution is 2.38. The number of halogens is 1. The average molecular weight is 281 g/mol. The third kappa shape index (κ3) is 3.21. The van der Waals surface area contributed by atoms with Crippen molar-refractivity contribution in [2.24, 2.45) is 0 Å². The highest BCUT2D eigenvalue weighted by atomic mass is 19.1. The monoisotopic (exact) mass is 281 g/mol. The fourth-order valence-corrected chi connectivity index (χ4v) is 2.37. The number of nitrogens with zero attached hydrogens (tertiary/aromatic N) is 1. The Morgan fingerprint density at radius 2 is 2.05 bits per heavy atom. The number of likely N-dealkylation sites (tertiary alicyclic amines) is 1. The second kappa shape index (κ2) is 5.31. The number of benzene rings is 1. The Kier molecular flexibility index (Phi) is 3.88. The first-order chi connectivity index (χ1) is 9.28. The van der Waals surface area contributed by atoms with Crippen molar-refractivity contribution in [3.05, 3.63) is 29.8 Å². The van der Waals surface area contributed by atoms with Crippen LogP contribution in [0, 0.1) is 0 Å². The molecule has 0 bridgehead atoms. The quantitative estimate of drug-likeness (QED) is 0.858. The lowest BCUT2D eigenvalue weighted by molar-refractivity contribution is 0.0215. The first-order valence-electron chi connectivity index (χ1n) is 6.69. The molecule has 0 aliphatic carbocycles. The number of rotatable bonds is 1. The maximum atomic E-state index is 13.7. The van der Waals surface area contributed by atoms with Gasteiger partial charge in [0.25, 0.3) is 0 Å². The van der Waals surface area contributed by atoms with Gasteiger partial charge in [-0.05, 0) is 26.8 Å². The van der Waals surface area contributed by atoms with E-state index in [1.807, 2.05) is 0 Å². The first kappa shape index (κ1) is 14.6. The van der Waals surface area contributed by atoms with Crippen LogP contribution in [0.4, 0.5) is 9.18 Å². The Morgan fingerprint density at radius 3 is 2.65 bits per heavy atom. The van der Waals surface area contributed by atoms with Crippen molar-refractivity contribution in [3.8, 4) is 5.75 Å². The second-order valence-corrected chi connectivity index (χ2v) is 6.04. The summed E-state index contributed by atoms with van der Waals surface area (Å²) < 4.78 is 19.0. The lowest BCUT2D eigenvalue weighted by Crippen LogP contribution is -2.37. The number of alkyl halides is 1. The average Bonchev–Trinajstić information content (AvgIpc) is 2.69. The number of aromatic hydroxyl groups is 1. The summed E-state index contributed by atoms with van der Waals surface area (Å²) in [5.41, 5.74) is -0.0760. The van der Waals surface area contributed by atoms with E-state index in [1.165, 1.54) is 11.0 Å². The molecule has 0 radical (unpaired) electrons. The summed E-state index contributed by atoms with van der Waals surface area (Å²) >= 11 is 0. The van der Waals surface area contributed by atoms with E-state index in [4.69, 9.17) is 4.74 Å². The third-order valence-electron chi connectivity index (χ3n) is 3.17. The Morgan fingerprint density at radius 1 is 1.40 bits per heavy atom. The van der Waals surface area contributed by atoms with Crippen molar-refractivity contribution in [2.45, 2.75) is 45.0 Å². The van der Waals surface area contributed by atoms with Gasteiger partial charge in [-0.3, -0.25) is 4.90 Å². The molecule has 0 aromatic heterocycles. The predicted molar refractivity (Wildman–Crippen MR) is 73.3 cm³/mol. The van der Waals surface area contributed by atoms with Gasteiger partial charge in [0.2, 0.25) is 0 Å². The Hall–Kier alpha value is -1.78. The minimum absolute atomic E-state index is 0.00604. The second-order valence-electron chi connectivity index (χ2n) is 6.04.